The highest BCUT2D eigenvalue weighted by atomic mass is 16.2. The van der Waals surface area contributed by atoms with Crippen LogP contribution in [0.4, 0.5) is 0 Å². The summed E-state index contributed by atoms with van der Waals surface area (Å²) in [6.45, 7) is 8.63. The van der Waals surface area contributed by atoms with Crippen LogP contribution >= 0.6 is 0 Å². The Morgan fingerprint density at radius 1 is 1.33 bits per heavy atom. The van der Waals surface area contributed by atoms with E-state index in [1.54, 1.807) is 24.8 Å². The first-order valence-electron chi connectivity index (χ1n) is 5.28. The highest BCUT2D eigenvalue weighted by molar-refractivity contribution is 5.92. The van der Waals surface area contributed by atoms with Gasteiger partial charge in [0.15, 0.2) is 0 Å². The molecule has 1 atom stereocenters. The molecule has 1 unspecified atom stereocenters. The predicted molar refractivity (Wildman–Crippen MR) is 60.3 cm³/mol. The molecule has 0 saturated carbocycles. The van der Waals surface area contributed by atoms with Gasteiger partial charge in [-0.1, -0.05) is 6.08 Å². The molecule has 4 nitrogen and oxygen atoms in total. The number of likely N-dealkylation sites (N-methyl/N-ethyl adjacent to an activating group) is 1. The molecule has 0 aliphatic carbocycles. The Hall–Kier alpha value is -1.32. The van der Waals surface area contributed by atoms with E-state index in [4.69, 9.17) is 0 Å². The summed E-state index contributed by atoms with van der Waals surface area (Å²) in [5, 5.41) is 2.61. The van der Waals surface area contributed by atoms with Gasteiger partial charge in [0.05, 0.1) is 0 Å². The molecule has 0 aliphatic heterocycles. The second kappa shape index (κ2) is 7.04. The molecule has 0 aromatic rings. The van der Waals surface area contributed by atoms with Gasteiger partial charge < -0.3 is 10.2 Å². The maximum Gasteiger partial charge on any atom is 0.244 e. The van der Waals surface area contributed by atoms with Crippen LogP contribution in [0.2, 0.25) is 0 Å². The largest absolute Gasteiger partial charge is 0.341 e. The topological polar surface area (TPSA) is 49.4 Å². The van der Waals surface area contributed by atoms with Crippen LogP contribution in [-0.4, -0.2) is 35.8 Å². The Morgan fingerprint density at radius 3 is 2.27 bits per heavy atom. The van der Waals surface area contributed by atoms with Crippen molar-refractivity contribution in [1.29, 1.82) is 0 Å². The lowest BCUT2D eigenvalue weighted by molar-refractivity contribution is -0.134. The van der Waals surface area contributed by atoms with E-state index in [2.05, 4.69) is 5.32 Å². The summed E-state index contributed by atoms with van der Waals surface area (Å²) in [6, 6.07) is -0.464. The van der Waals surface area contributed by atoms with Crippen molar-refractivity contribution in [3.05, 3.63) is 12.2 Å². The first-order chi connectivity index (χ1) is 7.06. The zero-order valence-corrected chi connectivity index (χ0v) is 9.91. The summed E-state index contributed by atoms with van der Waals surface area (Å²) in [5.41, 5.74) is 0. The van der Waals surface area contributed by atoms with Crippen molar-refractivity contribution in [2.45, 2.75) is 33.7 Å². The molecule has 0 aliphatic rings. The number of nitrogens with zero attached hydrogens (tertiary/aromatic N) is 1. The Kier molecular flexibility index (Phi) is 6.42. The molecule has 2 amide bonds. The Bertz CT molecular complexity index is 245. The van der Waals surface area contributed by atoms with Crippen LogP contribution in [0.1, 0.15) is 27.7 Å². The zero-order chi connectivity index (χ0) is 11.8. The number of nitrogens with one attached hydrogen (secondary N) is 1. The van der Waals surface area contributed by atoms with Crippen molar-refractivity contribution in [3.8, 4) is 0 Å². The van der Waals surface area contributed by atoms with Gasteiger partial charge >= 0.3 is 0 Å². The van der Waals surface area contributed by atoms with Gasteiger partial charge in [-0.05, 0) is 33.8 Å². The lowest BCUT2D eigenvalue weighted by Crippen LogP contribution is -2.46. The standard InChI is InChI=1S/C11H20N2O2/c1-5-8-10(14)12-9(4)11(15)13(6-2)7-3/h5,8-9H,6-7H2,1-4H3,(H,12,14). The van der Waals surface area contributed by atoms with E-state index in [9.17, 15) is 9.59 Å². The van der Waals surface area contributed by atoms with Crippen LogP contribution in [-0.2, 0) is 9.59 Å². The highest BCUT2D eigenvalue weighted by Crippen LogP contribution is 1.94. The molecule has 0 spiro atoms. The van der Waals surface area contributed by atoms with Crippen LogP contribution in [0.15, 0.2) is 12.2 Å². The van der Waals surface area contributed by atoms with Crippen LogP contribution in [0.5, 0.6) is 0 Å². The molecular formula is C11H20N2O2. The molecule has 0 aromatic carbocycles. The monoisotopic (exact) mass is 212 g/mol. The zero-order valence-electron chi connectivity index (χ0n) is 9.91. The van der Waals surface area contributed by atoms with E-state index in [-0.39, 0.29) is 11.8 Å². The highest BCUT2D eigenvalue weighted by Gasteiger charge is 2.18. The van der Waals surface area contributed by atoms with Crippen LogP contribution in [0.3, 0.4) is 0 Å². The number of allylic oxidation sites excluding steroid dienone is 1. The first-order valence-corrected chi connectivity index (χ1v) is 5.28. The normalized spacial score (nSPS) is 12.5. The molecule has 0 rings (SSSR count). The quantitative estimate of drug-likeness (QED) is 0.689. The fourth-order valence-electron chi connectivity index (χ4n) is 1.28. The van der Waals surface area contributed by atoms with Gasteiger partial charge in [-0.2, -0.15) is 0 Å². The summed E-state index contributed by atoms with van der Waals surface area (Å²) in [7, 11) is 0. The number of hydrogen-bond acceptors (Lipinski definition) is 2. The van der Waals surface area contributed by atoms with E-state index >= 15 is 0 Å². The van der Waals surface area contributed by atoms with Crippen molar-refractivity contribution in [3.63, 3.8) is 0 Å². The minimum Gasteiger partial charge on any atom is -0.341 e. The van der Waals surface area contributed by atoms with E-state index in [0.29, 0.717) is 13.1 Å². The average molecular weight is 212 g/mol. The molecule has 1 N–H and O–H groups in total. The number of carbonyl (C=O) groups excluding carboxylic acids is 2. The van der Waals surface area contributed by atoms with Crippen LogP contribution in [0.25, 0.3) is 0 Å². The van der Waals surface area contributed by atoms with Crippen molar-refractivity contribution < 1.29 is 9.59 Å². The summed E-state index contributed by atoms with van der Waals surface area (Å²) >= 11 is 0. The fraction of sp³-hybridized carbons (Fsp3) is 0.636. The minimum absolute atomic E-state index is 0.0437. The van der Waals surface area contributed by atoms with Gasteiger partial charge in [0.1, 0.15) is 6.04 Å². The Morgan fingerprint density at radius 2 is 1.87 bits per heavy atom. The summed E-state index contributed by atoms with van der Waals surface area (Å²) in [4.78, 5) is 24.6. The number of hydrogen-bond donors (Lipinski definition) is 1. The van der Waals surface area contributed by atoms with Gasteiger partial charge in [0.2, 0.25) is 11.8 Å². The predicted octanol–water partition coefficient (Wildman–Crippen LogP) is 0.936. The molecule has 0 fully saturated rings. The SMILES string of the molecule is CC=CC(=O)NC(C)C(=O)N(CC)CC. The maximum atomic E-state index is 11.7. The van der Waals surface area contributed by atoms with Crippen molar-refractivity contribution in [2.24, 2.45) is 0 Å². The van der Waals surface area contributed by atoms with Crippen LogP contribution in [0, 0.1) is 0 Å². The summed E-state index contributed by atoms with van der Waals surface area (Å²) in [6.07, 6.45) is 3.05. The smallest absolute Gasteiger partial charge is 0.244 e. The van der Waals surface area contributed by atoms with Gasteiger partial charge in [-0.3, -0.25) is 9.59 Å². The molecular weight excluding hydrogens is 192 g/mol. The number of rotatable bonds is 5. The van der Waals surface area contributed by atoms with E-state index < -0.39 is 6.04 Å². The molecule has 0 radical (unpaired) electrons. The van der Waals surface area contributed by atoms with Crippen molar-refractivity contribution in [1.82, 2.24) is 10.2 Å². The summed E-state index contributed by atoms with van der Waals surface area (Å²) < 4.78 is 0. The summed E-state index contributed by atoms with van der Waals surface area (Å²) in [5.74, 6) is -0.275. The lowest BCUT2D eigenvalue weighted by Gasteiger charge is -2.23. The molecule has 0 aromatic heterocycles. The van der Waals surface area contributed by atoms with E-state index in [0.717, 1.165) is 0 Å². The number of amides is 2. The maximum absolute atomic E-state index is 11.7. The molecule has 0 saturated heterocycles. The van der Waals surface area contributed by atoms with Gasteiger partial charge in [0.25, 0.3) is 0 Å². The molecule has 0 heterocycles. The van der Waals surface area contributed by atoms with Crippen molar-refractivity contribution >= 4 is 11.8 Å². The first kappa shape index (κ1) is 13.7. The van der Waals surface area contributed by atoms with E-state index in [1.165, 1.54) is 6.08 Å². The molecule has 86 valence electrons. The second-order valence-electron chi connectivity index (χ2n) is 3.24. The average Bonchev–Trinajstić information content (AvgIpc) is 2.19. The fourth-order valence-corrected chi connectivity index (χ4v) is 1.28. The molecule has 4 heteroatoms. The lowest BCUT2D eigenvalue weighted by atomic mass is 10.2. The number of carbonyl (C=O) groups is 2. The second-order valence-corrected chi connectivity index (χ2v) is 3.24. The Balaban J connectivity index is 4.25. The third-order valence-electron chi connectivity index (χ3n) is 2.12. The van der Waals surface area contributed by atoms with Gasteiger partial charge in [-0.15, -0.1) is 0 Å². The minimum atomic E-state index is -0.464. The molecule has 15 heavy (non-hydrogen) atoms. The third-order valence-corrected chi connectivity index (χ3v) is 2.12. The van der Waals surface area contributed by atoms with Gasteiger partial charge in [-0.25, -0.2) is 0 Å². The third kappa shape index (κ3) is 4.63. The van der Waals surface area contributed by atoms with Crippen LogP contribution < -0.4 is 5.32 Å². The Labute approximate surface area is 91.3 Å². The van der Waals surface area contributed by atoms with Crippen molar-refractivity contribution in [2.75, 3.05) is 13.1 Å². The van der Waals surface area contributed by atoms with Gasteiger partial charge in [0, 0.05) is 13.1 Å². The van der Waals surface area contributed by atoms with E-state index in [1.807, 2.05) is 13.8 Å². The molecule has 0 bridgehead atoms.